The van der Waals surface area contributed by atoms with Gasteiger partial charge in [0.05, 0.1) is 6.61 Å². The van der Waals surface area contributed by atoms with E-state index >= 15 is 0 Å². The number of alkyl carbamates (subject to hydrolysis) is 1. The lowest BCUT2D eigenvalue weighted by molar-refractivity contribution is -0.151. The summed E-state index contributed by atoms with van der Waals surface area (Å²) in [7, 11) is 0. The third-order valence-electron chi connectivity index (χ3n) is 6.75. The summed E-state index contributed by atoms with van der Waals surface area (Å²) in [5.41, 5.74) is -2.74. The van der Waals surface area contributed by atoms with Crippen LogP contribution in [0.5, 0.6) is 0 Å². The average Bonchev–Trinajstić information content (AvgIpc) is 3.26. The molecule has 10 heteroatoms. The van der Waals surface area contributed by atoms with E-state index in [-0.39, 0.29) is 5.97 Å². The molecule has 0 radical (unpaired) electrons. The summed E-state index contributed by atoms with van der Waals surface area (Å²) in [6.45, 7) is 12.3. The van der Waals surface area contributed by atoms with Crippen LogP contribution in [-0.2, 0) is 19.1 Å². The molecule has 0 aromatic heterocycles. The highest BCUT2D eigenvalue weighted by Gasteiger charge is 2.31. The van der Waals surface area contributed by atoms with Crippen molar-refractivity contribution in [2.24, 2.45) is 11.8 Å². The zero-order valence-corrected chi connectivity index (χ0v) is 26.1. The van der Waals surface area contributed by atoms with Gasteiger partial charge in [0, 0.05) is 6.61 Å². The Morgan fingerprint density at radius 1 is 0.769 bits per heavy atom. The lowest BCUT2D eigenvalue weighted by atomic mass is 10.0. The van der Waals surface area contributed by atoms with Crippen molar-refractivity contribution in [3.05, 3.63) is 0 Å². The van der Waals surface area contributed by atoms with Crippen LogP contribution in [0.4, 0.5) is 4.79 Å². The summed E-state index contributed by atoms with van der Waals surface area (Å²) < 4.78 is 10.2. The van der Waals surface area contributed by atoms with Gasteiger partial charge in [0.1, 0.15) is 16.7 Å². The number of carbonyl (C=O) groups is 3. The first kappa shape index (κ1) is 37.4. The first-order chi connectivity index (χ1) is 18.0. The molecule has 39 heavy (non-hydrogen) atoms. The summed E-state index contributed by atoms with van der Waals surface area (Å²) in [5, 5.41) is 19.8. The summed E-state index contributed by atoms with van der Waals surface area (Å²) >= 11 is 5.48. The minimum atomic E-state index is -1.32. The molecule has 1 amide bonds. The van der Waals surface area contributed by atoms with Crippen molar-refractivity contribution in [2.75, 3.05) is 13.2 Å². The molecule has 2 rings (SSSR count). The number of esters is 1. The number of halogens is 1. The van der Waals surface area contributed by atoms with E-state index in [0.29, 0.717) is 25.0 Å². The predicted molar refractivity (Wildman–Crippen MR) is 155 cm³/mol. The van der Waals surface area contributed by atoms with E-state index in [1.165, 1.54) is 90.9 Å². The van der Waals surface area contributed by atoms with Crippen molar-refractivity contribution < 1.29 is 34.1 Å². The minimum absolute atomic E-state index is 0.272. The fraction of sp³-hybridized carbons (Fsp3) is 0.897. The molecule has 0 unspecified atom stereocenters. The third kappa shape index (κ3) is 18.4. The maximum Gasteiger partial charge on any atom is 0.408 e. The lowest BCUT2D eigenvalue weighted by Crippen LogP contribution is -2.51. The van der Waals surface area contributed by atoms with Crippen LogP contribution in [-0.4, -0.2) is 58.1 Å². The first-order valence-electron chi connectivity index (χ1n) is 14.4. The monoisotopic (exact) mass is 578 g/mol. The number of carboxylic acid groups (broad SMARTS) is 1. The van der Waals surface area contributed by atoms with Crippen LogP contribution in [0.15, 0.2) is 0 Å². The van der Waals surface area contributed by atoms with Crippen LogP contribution in [0.1, 0.15) is 126 Å². The highest BCUT2D eigenvalue weighted by Crippen LogP contribution is 2.24. The van der Waals surface area contributed by atoms with Gasteiger partial charge in [-0.25, -0.2) is 14.4 Å². The Bertz CT molecular complexity index is 707. The SMILES string of the molecule is CC(C)(C)OC(=O)NC(C)(C)C(=O)O.CC(C)(NCl)C(=O)OCC1CCCCCC1.OCC1CCCCCC1. The van der Waals surface area contributed by atoms with Crippen molar-refractivity contribution in [3.63, 3.8) is 0 Å². The van der Waals surface area contributed by atoms with Gasteiger partial charge < -0.3 is 25.0 Å². The highest BCUT2D eigenvalue weighted by atomic mass is 35.5. The highest BCUT2D eigenvalue weighted by molar-refractivity contribution is 6.15. The van der Waals surface area contributed by atoms with Gasteiger partial charge in [0.25, 0.3) is 0 Å². The summed E-state index contributed by atoms with van der Waals surface area (Å²) in [6.07, 6.45) is 14.8. The molecule has 0 aliphatic heterocycles. The maximum atomic E-state index is 11.7. The zero-order valence-electron chi connectivity index (χ0n) is 25.4. The fourth-order valence-electron chi connectivity index (χ4n) is 4.10. The number of carbonyl (C=O) groups excluding carboxylic acids is 2. The molecule has 2 fully saturated rings. The van der Waals surface area contributed by atoms with Crippen LogP contribution in [0, 0.1) is 11.8 Å². The summed E-state index contributed by atoms with van der Waals surface area (Å²) in [5.74, 6) is -0.208. The van der Waals surface area contributed by atoms with Gasteiger partial charge in [0.2, 0.25) is 0 Å². The molecule has 0 atom stereocenters. The van der Waals surface area contributed by atoms with Gasteiger partial charge in [-0.3, -0.25) is 4.79 Å². The molecular weight excluding hydrogens is 524 g/mol. The van der Waals surface area contributed by atoms with Crippen molar-refractivity contribution in [2.45, 2.75) is 142 Å². The molecule has 9 nitrogen and oxygen atoms in total. The van der Waals surface area contributed by atoms with Crippen molar-refractivity contribution in [1.29, 1.82) is 0 Å². The van der Waals surface area contributed by atoms with Crippen LogP contribution in [0.2, 0.25) is 0 Å². The Hall–Kier alpha value is -1.58. The lowest BCUT2D eigenvalue weighted by Gasteiger charge is -2.25. The predicted octanol–water partition coefficient (Wildman–Crippen LogP) is 6.35. The Morgan fingerprint density at radius 3 is 1.56 bits per heavy atom. The van der Waals surface area contributed by atoms with Gasteiger partial charge in [-0.05, 0) is 97.8 Å². The number of amides is 1. The third-order valence-corrected chi connectivity index (χ3v) is 7.22. The average molecular weight is 579 g/mol. The number of aliphatic carboxylic acids is 1. The largest absolute Gasteiger partial charge is 0.480 e. The summed E-state index contributed by atoms with van der Waals surface area (Å²) in [4.78, 5) is 35.9. The zero-order chi connectivity index (χ0) is 30.1. The molecule has 230 valence electrons. The topological polar surface area (TPSA) is 134 Å². The molecule has 2 saturated carbocycles. The second-order valence-corrected chi connectivity index (χ2v) is 13.0. The number of rotatable bonds is 7. The summed E-state index contributed by atoms with van der Waals surface area (Å²) in [6, 6.07) is 0. The van der Waals surface area contributed by atoms with Crippen molar-refractivity contribution in [3.8, 4) is 0 Å². The Morgan fingerprint density at radius 2 is 1.21 bits per heavy atom. The van der Waals surface area contributed by atoms with E-state index in [2.05, 4.69) is 10.2 Å². The molecule has 4 N–H and O–H groups in total. The number of hydrogen-bond acceptors (Lipinski definition) is 7. The standard InChI is InChI=1S/C12H22ClNO2.C9H17NO4.C8H16O/c1-12(2,14-13)11(15)16-9-10-7-5-3-4-6-8-10;1-8(2,3)14-7(13)10-9(4,5)6(11)12;9-7-8-5-3-1-2-4-6-8/h10,14H,3-9H2,1-2H3;1-5H3,(H,10,13)(H,11,12);8-9H,1-7H2. The number of nitrogens with one attached hydrogen (secondary N) is 2. The van der Waals surface area contributed by atoms with Crippen LogP contribution < -0.4 is 10.2 Å². The number of ether oxygens (including phenoxy) is 2. The maximum absolute atomic E-state index is 11.7. The number of hydrogen-bond donors (Lipinski definition) is 4. The Balaban J connectivity index is 0.000000576. The number of carboxylic acids is 1. The van der Waals surface area contributed by atoms with E-state index < -0.39 is 28.7 Å². The van der Waals surface area contributed by atoms with Gasteiger partial charge in [-0.2, -0.15) is 0 Å². The fourth-order valence-corrected chi connectivity index (χ4v) is 4.18. The van der Waals surface area contributed by atoms with Gasteiger partial charge in [-0.1, -0.05) is 51.4 Å². The minimum Gasteiger partial charge on any atom is -0.480 e. The second kappa shape index (κ2) is 18.7. The second-order valence-electron chi connectivity index (χ2n) is 12.8. The Labute approximate surface area is 241 Å². The Kier molecular flexibility index (Phi) is 18.0. The molecule has 0 aromatic carbocycles. The van der Waals surface area contributed by atoms with Crippen molar-refractivity contribution in [1.82, 2.24) is 10.2 Å². The molecule has 0 heterocycles. The number of aliphatic hydroxyl groups excluding tert-OH is 1. The van der Waals surface area contributed by atoms with Crippen LogP contribution in [0.3, 0.4) is 0 Å². The van der Waals surface area contributed by atoms with E-state index in [0.717, 1.165) is 0 Å². The van der Waals surface area contributed by atoms with Crippen LogP contribution >= 0.6 is 11.8 Å². The molecule has 0 saturated heterocycles. The van der Waals surface area contributed by atoms with Gasteiger partial charge in [-0.15, -0.1) is 0 Å². The number of aliphatic hydroxyl groups is 1. The first-order valence-corrected chi connectivity index (χ1v) is 14.8. The molecule has 2 aliphatic carbocycles. The molecule has 0 bridgehead atoms. The molecule has 0 aromatic rings. The van der Waals surface area contributed by atoms with Crippen LogP contribution in [0.25, 0.3) is 0 Å². The molecular formula is C29H55ClN2O7. The van der Waals surface area contributed by atoms with E-state index in [9.17, 15) is 14.4 Å². The quantitative estimate of drug-likeness (QED) is 0.156. The molecule has 0 spiro atoms. The van der Waals surface area contributed by atoms with E-state index in [4.69, 9.17) is 31.5 Å². The normalized spacial score (nSPS) is 17.7. The van der Waals surface area contributed by atoms with E-state index in [1.54, 1.807) is 34.6 Å². The van der Waals surface area contributed by atoms with Gasteiger partial charge >= 0.3 is 18.0 Å². The smallest absolute Gasteiger partial charge is 0.408 e. The van der Waals surface area contributed by atoms with Gasteiger partial charge in [0.15, 0.2) is 0 Å². The van der Waals surface area contributed by atoms with Crippen molar-refractivity contribution >= 4 is 29.8 Å². The van der Waals surface area contributed by atoms with E-state index in [1.807, 2.05) is 0 Å². The molecule has 2 aliphatic rings.